The van der Waals surface area contributed by atoms with Crippen LogP contribution < -0.4 is 0 Å². The third-order valence-electron chi connectivity index (χ3n) is 2.96. The number of hydrogen-bond acceptors (Lipinski definition) is 4. The molecule has 0 aromatic rings. The van der Waals surface area contributed by atoms with E-state index in [4.69, 9.17) is 0 Å². The maximum absolute atomic E-state index is 9.71. The van der Waals surface area contributed by atoms with E-state index in [1.54, 1.807) is 0 Å². The van der Waals surface area contributed by atoms with Gasteiger partial charge >= 0.3 is 18.6 Å². The molecule has 1 rings (SSSR count). The van der Waals surface area contributed by atoms with Gasteiger partial charge in [0.15, 0.2) is 0 Å². The summed E-state index contributed by atoms with van der Waals surface area (Å²) in [6.07, 6.45) is 6.59. The number of rotatable bonds is 6. The van der Waals surface area contributed by atoms with Gasteiger partial charge in [-0.25, -0.2) is 0 Å². The second kappa shape index (κ2) is 16.8. The van der Waals surface area contributed by atoms with Crippen LogP contribution in [-0.4, -0.2) is 13.1 Å². The van der Waals surface area contributed by atoms with Crippen molar-refractivity contribution in [3.63, 3.8) is 0 Å². The van der Waals surface area contributed by atoms with Crippen molar-refractivity contribution < 1.29 is 18.6 Å². The minimum absolute atomic E-state index is 0. The molecule has 1 fully saturated rings. The Bertz CT molecular complexity index is 174. The standard InChI is InChI=1S/2C6H11NO.CH4.V/c8-7-5-6-3-1-2-4-6;1-3-6(4-2)5-7-8;;/h2*6H,1-5H2;1H4;/q;-2;;+2. The van der Waals surface area contributed by atoms with Crippen molar-refractivity contribution in [3.05, 3.63) is 23.7 Å². The van der Waals surface area contributed by atoms with E-state index in [2.05, 4.69) is 24.2 Å². The topological polar surface area (TPSA) is 58.9 Å². The molecule has 0 aromatic carbocycles. The molecule has 105 valence electrons. The molecule has 0 aliphatic heterocycles. The fourth-order valence-electron chi connectivity index (χ4n) is 1.73. The van der Waals surface area contributed by atoms with Crippen LogP contribution in [0.5, 0.6) is 0 Å². The first-order chi connectivity index (χ1) is 7.78. The summed E-state index contributed by atoms with van der Waals surface area (Å²) in [5, 5.41) is 5.62. The van der Waals surface area contributed by atoms with Gasteiger partial charge < -0.3 is 13.8 Å². The Labute approximate surface area is 124 Å². The fourth-order valence-corrected chi connectivity index (χ4v) is 1.73. The molecule has 1 aliphatic rings. The molecule has 1 aliphatic carbocycles. The zero-order valence-corrected chi connectivity index (χ0v) is 11.8. The quantitative estimate of drug-likeness (QED) is 0.538. The third-order valence-corrected chi connectivity index (χ3v) is 2.96. The Morgan fingerprint density at radius 1 is 1.06 bits per heavy atom. The van der Waals surface area contributed by atoms with Crippen molar-refractivity contribution >= 4 is 0 Å². The molecule has 0 unspecified atom stereocenters. The van der Waals surface area contributed by atoms with E-state index in [9.17, 15) is 9.81 Å². The van der Waals surface area contributed by atoms with Gasteiger partial charge in [-0.1, -0.05) is 36.5 Å². The third kappa shape index (κ3) is 12.2. The largest absolute Gasteiger partial charge is 2.00 e. The molecule has 0 spiro atoms. The Kier molecular flexibility index (Phi) is 21.4. The van der Waals surface area contributed by atoms with E-state index in [-0.39, 0.29) is 26.0 Å². The van der Waals surface area contributed by atoms with Gasteiger partial charge in [-0.2, -0.15) is 22.7 Å². The van der Waals surface area contributed by atoms with Crippen LogP contribution in [0, 0.1) is 35.5 Å². The van der Waals surface area contributed by atoms with Crippen LogP contribution in [-0.2, 0) is 18.6 Å². The smallest absolute Gasteiger partial charge is 0.343 e. The minimum atomic E-state index is 0. The first kappa shape index (κ1) is 22.9. The number of nitroso groups, excluding NO2 is 2. The van der Waals surface area contributed by atoms with Crippen LogP contribution in [0.2, 0.25) is 0 Å². The van der Waals surface area contributed by atoms with Gasteiger partial charge in [0.25, 0.3) is 0 Å². The van der Waals surface area contributed by atoms with E-state index < -0.39 is 0 Å². The van der Waals surface area contributed by atoms with Crippen molar-refractivity contribution in [1.82, 2.24) is 0 Å². The average molecular weight is 293 g/mol. The second-order valence-electron chi connectivity index (χ2n) is 4.22. The molecular formula is C13H26N2O2V. The van der Waals surface area contributed by atoms with Crippen LogP contribution in [0.1, 0.15) is 46.0 Å². The normalized spacial score (nSPS) is 13.9. The van der Waals surface area contributed by atoms with Crippen molar-refractivity contribution in [1.29, 1.82) is 0 Å². The number of hydrogen-bond donors (Lipinski definition) is 0. The predicted molar refractivity (Wildman–Crippen MR) is 73.5 cm³/mol. The molecule has 1 saturated carbocycles. The van der Waals surface area contributed by atoms with E-state index in [1.807, 2.05) is 0 Å². The first-order valence-corrected chi connectivity index (χ1v) is 5.95. The van der Waals surface area contributed by atoms with Gasteiger partial charge in [-0.15, -0.1) is 0 Å². The molecule has 18 heavy (non-hydrogen) atoms. The van der Waals surface area contributed by atoms with Gasteiger partial charge in [-0.3, -0.25) is 0 Å². The first-order valence-electron chi connectivity index (χ1n) is 5.95. The van der Waals surface area contributed by atoms with Crippen LogP contribution in [0.4, 0.5) is 0 Å². The van der Waals surface area contributed by atoms with Crippen molar-refractivity contribution in [2.75, 3.05) is 13.1 Å². The van der Waals surface area contributed by atoms with Gasteiger partial charge in [0.2, 0.25) is 0 Å². The Balaban J connectivity index is -0.000000225. The second-order valence-corrected chi connectivity index (χ2v) is 4.22. The van der Waals surface area contributed by atoms with Gasteiger partial charge in [0.05, 0.1) is 13.1 Å². The molecule has 5 heteroatoms. The Hall–Kier alpha value is -0.216. The van der Waals surface area contributed by atoms with E-state index in [0.29, 0.717) is 24.9 Å². The van der Waals surface area contributed by atoms with Gasteiger partial charge in [0, 0.05) is 0 Å². The van der Waals surface area contributed by atoms with E-state index in [1.165, 1.54) is 25.7 Å². The maximum atomic E-state index is 9.71. The summed E-state index contributed by atoms with van der Waals surface area (Å²) in [5.74, 6) is 0.931. The molecule has 0 aromatic heterocycles. The summed E-state index contributed by atoms with van der Waals surface area (Å²) in [5.41, 5.74) is 0. The molecule has 0 N–H and O–H groups in total. The summed E-state index contributed by atoms with van der Waals surface area (Å²) in [4.78, 5) is 19.3. The summed E-state index contributed by atoms with van der Waals surface area (Å²) in [6, 6.07) is 0. The fraction of sp³-hybridized carbons (Fsp3) is 0.846. The van der Waals surface area contributed by atoms with Crippen molar-refractivity contribution in [2.45, 2.75) is 46.0 Å². The molecule has 4 nitrogen and oxygen atoms in total. The molecule has 0 saturated heterocycles. The molecule has 0 amide bonds. The monoisotopic (exact) mass is 293 g/mol. The zero-order chi connectivity index (χ0) is 12.2. The van der Waals surface area contributed by atoms with Crippen molar-refractivity contribution in [2.24, 2.45) is 22.2 Å². The van der Waals surface area contributed by atoms with Crippen LogP contribution in [0.25, 0.3) is 0 Å². The summed E-state index contributed by atoms with van der Waals surface area (Å²) in [7, 11) is 0. The molecular weight excluding hydrogens is 267 g/mol. The van der Waals surface area contributed by atoms with E-state index >= 15 is 0 Å². The Morgan fingerprint density at radius 2 is 1.56 bits per heavy atom. The predicted octanol–water partition coefficient (Wildman–Crippen LogP) is 4.39. The average Bonchev–Trinajstić information content (AvgIpc) is 2.80. The van der Waals surface area contributed by atoms with Crippen LogP contribution in [0.3, 0.4) is 0 Å². The number of nitrogens with zero attached hydrogens (tertiary/aromatic N) is 2. The minimum Gasteiger partial charge on any atom is -0.343 e. The SMILES string of the molecule is C.O=NCC1CCCC1.[CH2-]CC(C[CH2-])CN=O.[V+2]. The molecule has 0 bridgehead atoms. The zero-order valence-electron chi connectivity index (χ0n) is 10.4. The van der Waals surface area contributed by atoms with Crippen molar-refractivity contribution in [3.8, 4) is 0 Å². The van der Waals surface area contributed by atoms with Gasteiger partial charge in [0.1, 0.15) is 0 Å². The van der Waals surface area contributed by atoms with Gasteiger partial charge in [-0.05, 0) is 18.8 Å². The Morgan fingerprint density at radius 3 is 1.83 bits per heavy atom. The van der Waals surface area contributed by atoms with Crippen LogP contribution >= 0.6 is 0 Å². The molecule has 0 atom stereocenters. The maximum Gasteiger partial charge on any atom is 2.00 e. The summed E-state index contributed by atoms with van der Waals surface area (Å²) in [6.45, 7) is 8.20. The van der Waals surface area contributed by atoms with Crippen LogP contribution in [0.15, 0.2) is 10.4 Å². The molecule has 1 radical (unpaired) electrons. The summed E-state index contributed by atoms with van der Waals surface area (Å²) < 4.78 is 0. The van der Waals surface area contributed by atoms with E-state index in [0.717, 1.165) is 12.8 Å². The summed E-state index contributed by atoms with van der Waals surface area (Å²) >= 11 is 0. The molecule has 0 heterocycles.